The zero-order valence-corrected chi connectivity index (χ0v) is 11.2. The quantitative estimate of drug-likeness (QED) is 0.640. The molecular formula is C14H22OP+. The molecule has 0 aromatic carbocycles. The summed E-state index contributed by atoms with van der Waals surface area (Å²) < 4.78 is 12.6. The topological polar surface area (TPSA) is 17.1 Å². The van der Waals surface area contributed by atoms with E-state index >= 15 is 0 Å². The highest BCUT2D eigenvalue weighted by Crippen LogP contribution is 2.51. The Labute approximate surface area is 99.8 Å². The molecule has 1 fully saturated rings. The summed E-state index contributed by atoms with van der Waals surface area (Å²) in [7, 11) is -1.12. The van der Waals surface area contributed by atoms with Gasteiger partial charge in [0, 0.05) is 12.3 Å². The summed E-state index contributed by atoms with van der Waals surface area (Å²) in [6.07, 6.45) is 12.2. The van der Waals surface area contributed by atoms with E-state index in [2.05, 4.69) is 32.1 Å². The van der Waals surface area contributed by atoms with E-state index in [4.69, 9.17) is 0 Å². The third kappa shape index (κ3) is 2.46. The van der Waals surface area contributed by atoms with Crippen LogP contribution in [0.3, 0.4) is 0 Å². The Hall–Kier alpha value is -0.420. The van der Waals surface area contributed by atoms with Crippen molar-refractivity contribution in [3.63, 3.8) is 0 Å². The van der Waals surface area contributed by atoms with Gasteiger partial charge in [0.25, 0.3) is 0 Å². The van der Waals surface area contributed by atoms with Crippen LogP contribution in [0, 0.1) is 11.8 Å². The molecule has 1 unspecified atom stereocenters. The summed E-state index contributed by atoms with van der Waals surface area (Å²) in [6.45, 7) is 4.57. The van der Waals surface area contributed by atoms with E-state index in [1.165, 1.54) is 31.0 Å². The number of rotatable bonds is 3. The molecule has 2 aliphatic carbocycles. The fourth-order valence-corrected chi connectivity index (χ4v) is 5.22. The molecule has 0 amide bonds. The Balaban J connectivity index is 2.08. The second-order valence-electron chi connectivity index (χ2n) is 5.38. The second-order valence-corrected chi connectivity index (χ2v) is 7.27. The van der Waals surface area contributed by atoms with Crippen LogP contribution in [0.15, 0.2) is 23.5 Å². The van der Waals surface area contributed by atoms with Gasteiger partial charge in [0.1, 0.15) is 0 Å². The summed E-state index contributed by atoms with van der Waals surface area (Å²) in [6, 6.07) is 0. The molecule has 3 atom stereocenters. The highest BCUT2D eigenvalue weighted by Gasteiger charge is 2.43. The van der Waals surface area contributed by atoms with E-state index in [1.54, 1.807) is 0 Å². The van der Waals surface area contributed by atoms with Crippen molar-refractivity contribution in [1.29, 1.82) is 0 Å². The van der Waals surface area contributed by atoms with E-state index in [0.717, 1.165) is 6.42 Å². The van der Waals surface area contributed by atoms with Gasteiger partial charge in [-0.3, -0.25) is 0 Å². The normalized spacial score (nSPS) is 30.7. The zero-order valence-electron chi connectivity index (χ0n) is 10.4. The number of hydrogen-bond acceptors (Lipinski definition) is 1. The monoisotopic (exact) mass is 237 g/mol. The summed E-state index contributed by atoms with van der Waals surface area (Å²) in [4.78, 5) is 0. The van der Waals surface area contributed by atoms with Gasteiger partial charge < -0.3 is 0 Å². The fraction of sp³-hybridized carbons (Fsp3) is 0.714. The van der Waals surface area contributed by atoms with E-state index in [1.807, 2.05) is 0 Å². The van der Waals surface area contributed by atoms with Crippen molar-refractivity contribution in [2.45, 2.75) is 51.6 Å². The van der Waals surface area contributed by atoms with E-state index in [0.29, 0.717) is 17.5 Å². The van der Waals surface area contributed by atoms with Crippen LogP contribution in [0.1, 0.15) is 46.0 Å². The molecule has 0 aromatic rings. The van der Waals surface area contributed by atoms with Crippen LogP contribution < -0.4 is 0 Å². The summed E-state index contributed by atoms with van der Waals surface area (Å²) in [5.41, 5.74) is 0.454. The maximum Gasteiger partial charge on any atom is 0.376 e. The van der Waals surface area contributed by atoms with Gasteiger partial charge in [-0.1, -0.05) is 37.0 Å². The lowest BCUT2D eigenvalue weighted by molar-refractivity contribution is 0.283. The Morgan fingerprint density at radius 2 is 2.06 bits per heavy atom. The zero-order chi connectivity index (χ0) is 11.5. The molecule has 0 heterocycles. The van der Waals surface area contributed by atoms with Gasteiger partial charge in [-0.05, 0) is 31.3 Å². The van der Waals surface area contributed by atoms with Crippen molar-refractivity contribution in [2.24, 2.45) is 11.8 Å². The van der Waals surface area contributed by atoms with Crippen molar-refractivity contribution in [2.75, 3.05) is 0 Å². The van der Waals surface area contributed by atoms with Crippen LogP contribution in [-0.4, -0.2) is 5.66 Å². The molecule has 0 radical (unpaired) electrons. The molecule has 0 saturated heterocycles. The maximum atomic E-state index is 12.6. The number of allylic oxidation sites excluding steroid dienone is 4. The molecule has 16 heavy (non-hydrogen) atoms. The average Bonchev–Trinajstić information content (AvgIpc) is 2.81. The van der Waals surface area contributed by atoms with Crippen LogP contribution >= 0.6 is 7.80 Å². The second kappa shape index (κ2) is 5.27. The molecule has 2 aliphatic rings. The molecule has 1 saturated carbocycles. The van der Waals surface area contributed by atoms with Crippen LogP contribution in [0.2, 0.25) is 0 Å². The van der Waals surface area contributed by atoms with Gasteiger partial charge in [-0.25, -0.2) is 0 Å². The van der Waals surface area contributed by atoms with Crippen molar-refractivity contribution in [3.8, 4) is 0 Å². The first kappa shape index (κ1) is 12.0. The largest absolute Gasteiger partial charge is 0.376 e. The lowest BCUT2D eigenvalue weighted by Gasteiger charge is -2.27. The minimum Gasteiger partial charge on any atom is -0.0760 e. The Morgan fingerprint density at radius 3 is 2.69 bits per heavy atom. The number of hydrogen-bond donors (Lipinski definition) is 0. The van der Waals surface area contributed by atoms with E-state index in [-0.39, 0.29) is 0 Å². The molecule has 0 bridgehead atoms. The minimum atomic E-state index is -1.12. The third-order valence-corrected chi connectivity index (χ3v) is 6.12. The fourth-order valence-electron chi connectivity index (χ4n) is 3.02. The molecular weight excluding hydrogens is 215 g/mol. The predicted octanol–water partition coefficient (Wildman–Crippen LogP) is 4.87. The SMILES string of the molecule is CC(C)[C@@H]1CCCC[C@H]1[P+](=O)C1=CC=CC1. The first-order chi connectivity index (χ1) is 7.70. The van der Waals surface area contributed by atoms with Gasteiger partial charge >= 0.3 is 7.80 Å². The molecule has 1 nitrogen and oxygen atoms in total. The van der Waals surface area contributed by atoms with Crippen LogP contribution in [0.5, 0.6) is 0 Å². The van der Waals surface area contributed by atoms with Crippen LogP contribution in [0.4, 0.5) is 0 Å². The van der Waals surface area contributed by atoms with Crippen molar-refractivity contribution >= 4 is 7.80 Å². The highest BCUT2D eigenvalue weighted by atomic mass is 31.1. The van der Waals surface area contributed by atoms with Crippen LogP contribution in [-0.2, 0) is 4.57 Å². The first-order valence-electron chi connectivity index (χ1n) is 6.52. The standard InChI is InChI=1S/C14H22OP/c1-11(2)13-9-5-6-10-14(13)16(15)12-7-3-4-8-12/h3-4,7,11,13-14H,5-6,8-10H2,1-2H3/q+1/t13-,14+/m0/s1. The van der Waals surface area contributed by atoms with Gasteiger partial charge in [0.2, 0.25) is 0 Å². The molecule has 2 rings (SSSR count). The molecule has 0 N–H and O–H groups in total. The Kier molecular flexibility index (Phi) is 3.97. The van der Waals surface area contributed by atoms with Gasteiger partial charge in [-0.2, -0.15) is 0 Å². The minimum absolute atomic E-state index is 0.454. The Bertz CT molecular complexity index is 328. The third-order valence-electron chi connectivity index (χ3n) is 3.97. The van der Waals surface area contributed by atoms with Gasteiger partial charge in [0.05, 0.1) is 0 Å². The highest BCUT2D eigenvalue weighted by molar-refractivity contribution is 7.50. The van der Waals surface area contributed by atoms with Crippen molar-refractivity contribution in [3.05, 3.63) is 23.5 Å². The van der Waals surface area contributed by atoms with Gasteiger partial charge in [-0.15, -0.1) is 0 Å². The smallest absolute Gasteiger partial charge is 0.0760 e. The van der Waals surface area contributed by atoms with Crippen LogP contribution in [0.25, 0.3) is 0 Å². The summed E-state index contributed by atoms with van der Waals surface area (Å²) in [5.74, 6) is 1.36. The van der Waals surface area contributed by atoms with Crippen molar-refractivity contribution < 1.29 is 4.57 Å². The molecule has 2 heteroatoms. The first-order valence-corrected chi connectivity index (χ1v) is 7.85. The molecule has 0 aromatic heterocycles. The summed E-state index contributed by atoms with van der Waals surface area (Å²) >= 11 is 0. The Morgan fingerprint density at radius 1 is 1.31 bits per heavy atom. The van der Waals surface area contributed by atoms with E-state index < -0.39 is 7.80 Å². The lowest BCUT2D eigenvalue weighted by Crippen LogP contribution is -2.26. The predicted molar refractivity (Wildman–Crippen MR) is 70.0 cm³/mol. The molecule has 0 spiro atoms. The van der Waals surface area contributed by atoms with Gasteiger partial charge in [0.15, 0.2) is 11.0 Å². The average molecular weight is 237 g/mol. The van der Waals surface area contributed by atoms with Crippen molar-refractivity contribution in [1.82, 2.24) is 0 Å². The maximum absolute atomic E-state index is 12.6. The molecule has 0 aliphatic heterocycles. The van der Waals surface area contributed by atoms with E-state index in [9.17, 15) is 4.57 Å². The summed E-state index contributed by atoms with van der Waals surface area (Å²) in [5, 5.41) is 1.19. The molecule has 88 valence electrons. The lowest BCUT2D eigenvalue weighted by atomic mass is 9.81.